The van der Waals surface area contributed by atoms with Gasteiger partial charge in [0.2, 0.25) is 0 Å². The second-order valence-electron chi connectivity index (χ2n) is 2.75. The van der Waals surface area contributed by atoms with Crippen LogP contribution in [0.2, 0.25) is 0 Å². The molecule has 0 rings (SSSR count). The van der Waals surface area contributed by atoms with E-state index >= 15 is 0 Å². The van der Waals surface area contributed by atoms with E-state index in [9.17, 15) is 14.4 Å². The van der Waals surface area contributed by atoms with Crippen LogP contribution in [-0.4, -0.2) is 47.5 Å². The van der Waals surface area contributed by atoms with E-state index in [2.05, 4.69) is 14.8 Å². The second kappa shape index (κ2) is 8.68. The van der Waals surface area contributed by atoms with Crippen molar-refractivity contribution < 1.29 is 29.0 Å². The van der Waals surface area contributed by atoms with Gasteiger partial charge in [0.15, 0.2) is 0 Å². The molecular weight excluding hydrogens is 250 g/mol. The molecular formula is C9H15NO6S. The van der Waals surface area contributed by atoms with E-state index in [1.165, 1.54) is 0 Å². The molecule has 17 heavy (non-hydrogen) atoms. The van der Waals surface area contributed by atoms with Gasteiger partial charge in [0.25, 0.3) is 0 Å². The van der Waals surface area contributed by atoms with Crippen LogP contribution in [0.25, 0.3) is 0 Å². The zero-order valence-electron chi connectivity index (χ0n) is 9.60. The molecule has 0 aromatic rings. The lowest BCUT2D eigenvalue weighted by Crippen LogP contribution is -2.43. The number of nitrogens with one attached hydrogen (secondary N) is 1. The van der Waals surface area contributed by atoms with Gasteiger partial charge in [0, 0.05) is 5.75 Å². The van der Waals surface area contributed by atoms with E-state index in [1.54, 1.807) is 13.8 Å². The van der Waals surface area contributed by atoms with Crippen molar-refractivity contribution in [2.24, 2.45) is 0 Å². The van der Waals surface area contributed by atoms with Crippen molar-refractivity contribution in [1.82, 2.24) is 5.32 Å². The first-order valence-corrected chi connectivity index (χ1v) is 5.95. The zero-order chi connectivity index (χ0) is 13.3. The second-order valence-corrected chi connectivity index (χ2v) is 3.70. The third-order valence-electron chi connectivity index (χ3n) is 1.50. The van der Waals surface area contributed by atoms with Crippen molar-refractivity contribution in [2.45, 2.75) is 19.9 Å². The van der Waals surface area contributed by atoms with Crippen LogP contribution < -0.4 is 5.32 Å². The van der Waals surface area contributed by atoms with Crippen molar-refractivity contribution >= 4 is 29.1 Å². The summed E-state index contributed by atoms with van der Waals surface area (Å²) in [5.41, 5.74) is 0. The van der Waals surface area contributed by atoms with Crippen LogP contribution in [-0.2, 0) is 14.3 Å². The van der Waals surface area contributed by atoms with E-state index in [0.717, 1.165) is 0 Å². The van der Waals surface area contributed by atoms with E-state index in [0.29, 0.717) is 11.8 Å². The zero-order valence-corrected chi connectivity index (χ0v) is 10.4. The maximum Gasteiger partial charge on any atom is 0.407 e. The molecule has 0 aliphatic heterocycles. The molecule has 0 saturated heterocycles. The van der Waals surface area contributed by atoms with Crippen molar-refractivity contribution in [3.8, 4) is 0 Å². The monoisotopic (exact) mass is 265 g/mol. The SMILES string of the molecule is CCOC(=O)N[C@@H](CSC(=O)OCC)C(=O)O. The number of carbonyl (C=O) groups excluding carboxylic acids is 2. The highest BCUT2D eigenvalue weighted by molar-refractivity contribution is 8.13. The number of hydrogen-bond acceptors (Lipinski definition) is 6. The molecule has 0 aliphatic rings. The number of thioether (sulfide) groups is 1. The Morgan fingerprint density at radius 3 is 2.29 bits per heavy atom. The Morgan fingerprint density at radius 1 is 1.24 bits per heavy atom. The van der Waals surface area contributed by atoms with Crippen LogP contribution in [0, 0.1) is 0 Å². The fourth-order valence-electron chi connectivity index (χ4n) is 0.801. The van der Waals surface area contributed by atoms with E-state index in [4.69, 9.17) is 5.11 Å². The molecule has 8 heteroatoms. The summed E-state index contributed by atoms with van der Waals surface area (Å²) in [6, 6.07) is -1.19. The van der Waals surface area contributed by atoms with Gasteiger partial charge in [-0.05, 0) is 25.6 Å². The van der Waals surface area contributed by atoms with E-state index in [-0.39, 0.29) is 19.0 Å². The predicted octanol–water partition coefficient (Wildman–Crippen LogP) is 1.08. The number of carboxylic acids is 1. The summed E-state index contributed by atoms with van der Waals surface area (Å²) in [5.74, 6) is -1.36. The molecule has 0 saturated carbocycles. The smallest absolute Gasteiger partial charge is 0.407 e. The molecule has 7 nitrogen and oxygen atoms in total. The number of alkyl carbamates (subject to hydrolysis) is 1. The van der Waals surface area contributed by atoms with Gasteiger partial charge in [0.05, 0.1) is 13.2 Å². The Balaban J connectivity index is 4.11. The van der Waals surface area contributed by atoms with Gasteiger partial charge in [-0.25, -0.2) is 14.4 Å². The molecule has 1 atom stereocenters. The van der Waals surface area contributed by atoms with Crippen LogP contribution in [0.1, 0.15) is 13.8 Å². The molecule has 0 unspecified atom stereocenters. The van der Waals surface area contributed by atoms with Gasteiger partial charge < -0.3 is 19.9 Å². The van der Waals surface area contributed by atoms with Crippen molar-refractivity contribution in [3.63, 3.8) is 0 Å². The van der Waals surface area contributed by atoms with Gasteiger partial charge in [-0.3, -0.25) is 0 Å². The highest BCUT2D eigenvalue weighted by Gasteiger charge is 2.22. The predicted molar refractivity (Wildman–Crippen MR) is 61.1 cm³/mol. The average molecular weight is 265 g/mol. The number of rotatable bonds is 6. The lowest BCUT2D eigenvalue weighted by molar-refractivity contribution is -0.138. The number of carboxylic acid groups (broad SMARTS) is 1. The first-order chi connectivity index (χ1) is 8.01. The summed E-state index contributed by atoms with van der Waals surface area (Å²) in [4.78, 5) is 32.8. The Labute approximate surface area is 103 Å². The molecule has 2 N–H and O–H groups in total. The van der Waals surface area contributed by atoms with E-state index < -0.39 is 23.4 Å². The highest BCUT2D eigenvalue weighted by atomic mass is 32.2. The standard InChI is InChI=1S/C9H15NO6S/c1-3-15-8(13)10-6(7(11)12)5-17-9(14)16-4-2/h6H,3-5H2,1-2H3,(H,10,13)(H,11,12)/t6-/m0/s1. The summed E-state index contributed by atoms with van der Waals surface area (Å²) in [7, 11) is 0. The normalized spacial score (nSPS) is 11.4. The number of hydrogen-bond donors (Lipinski definition) is 2. The fraction of sp³-hybridized carbons (Fsp3) is 0.667. The first kappa shape index (κ1) is 15.6. The van der Waals surface area contributed by atoms with E-state index in [1.807, 2.05) is 0 Å². The molecule has 0 fully saturated rings. The van der Waals surface area contributed by atoms with Crippen LogP contribution >= 0.6 is 11.8 Å². The van der Waals surface area contributed by atoms with Crippen molar-refractivity contribution in [3.05, 3.63) is 0 Å². The Morgan fingerprint density at radius 2 is 1.82 bits per heavy atom. The molecule has 0 aromatic heterocycles. The maximum absolute atomic E-state index is 11.0. The largest absolute Gasteiger partial charge is 0.480 e. The lowest BCUT2D eigenvalue weighted by Gasteiger charge is -2.13. The van der Waals surface area contributed by atoms with Gasteiger partial charge in [-0.2, -0.15) is 0 Å². The Hall–Kier alpha value is -1.44. The molecule has 0 bridgehead atoms. The minimum absolute atomic E-state index is 0.118. The molecule has 1 amide bonds. The fourth-order valence-corrected chi connectivity index (χ4v) is 1.53. The maximum atomic E-state index is 11.0. The minimum atomic E-state index is -1.24. The van der Waals surface area contributed by atoms with Gasteiger partial charge in [0.1, 0.15) is 6.04 Å². The summed E-state index contributed by atoms with van der Waals surface area (Å²) in [5, 5.41) is 10.3. The Bertz CT molecular complexity index is 283. The molecule has 0 radical (unpaired) electrons. The van der Waals surface area contributed by atoms with Crippen molar-refractivity contribution in [1.29, 1.82) is 0 Å². The van der Waals surface area contributed by atoms with Crippen LogP contribution in [0.3, 0.4) is 0 Å². The third kappa shape index (κ3) is 7.45. The summed E-state index contributed by atoms with van der Waals surface area (Å²) in [6.45, 7) is 3.60. The van der Waals surface area contributed by atoms with Crippen LogP contribution in [0.4, 0.5) is 9.59 Å². The molecule has 0 aliphatic carbocycles. The minimum Gasteiger partial charge on any atom is -0.480 e. The van der Waals surface area contributed by atoms with Gasteiger partial charge >= 0.3 is 17.4 Å². The molecule has 98 valence electrons. The molecule has 0 aromatic carbocycles. The number of carbonyl (C=O) groups is 3. The summed E-state index contributed by atoms with van der Waals surface area (Å²) >= 11 is 0.685. The first-order valence-electron chi connectivity index (χ1n) is 4.96. The number of aliphatic carboxylic acids is 1. The average Bonchev–Trinajstić information content (AvgIpc) is 2.24. The molecule has 0 spiro atoms. The number of amides is 1. The highest BCUT2D eigenvalue weighted by Crippen LogP contribution is 2.07. The van der Waals surface area contributed by atoms with Crippen molar-refractivity contribution in [2.75, 3.05) is 19.0 Å². The Kier molecular flexibility index (Phi) is 7.95. The van der Waals surface area contributed by atoms with Gasteiger partial charge in [-0.1, -0.05) is 0 Å². The van der Waals surface area contributed by atoms with Gasteiger partial charge in [-0.15, -0.1) is 0 Å². The topological polar surface area (TPSA) is 102 Å². The third-order valence-corrected chi connectivity index (χ3v) is 2.35. The summed E-state index contributed by atoms with van der Waals surface area (Å²) in [6.07, 6.45) is -0.829. The lowest BCUT2D eigenvalue weighted by atomic mass is 10.3. The molecule has 0 heterocycles. The van der Waals surface area contributed by atoms with Crippen LogP contribution in [0.15, 0.2) is 0 Å². The quantitative estimate of drug-likeness (QED) is 0.692. The van der Waals surface area contributed by atoms with Crippen LogP contribution in [0.5, 0.6) is 0 Å². The number of ether oxygens (including phenoxy) is 2. The summed E-state index contributed by atoms with van der Waals surface area (Å²) < 4.78 is 9.15.